The van der Waals surface area contributed by atoms with Crippen molar-refractivity contribution in [3.8, 4) is 5.75 Å². The Balaban J connectivity index is 1.95. The molecule has 0 spiro atoms. The van der Waals surface area contributed by atoms with Crippen LogP contribution in [-0.2, 0) is 6.54 Å². The lowest BCUT2D eigenvalue weighted by Gasteiger charge is -2.11. The molecule has 0 radical (unpaired) electrons. The summed E-state index contributed by atoms with van der Waals surface area (Å²) in [5, 5.41) is 1.17. The topological polar surface area (TPSA) is 14.2 Å². The zero-order chi connectivity index (χ0) is 14.8. The summed E-state index contributed by atoms with van der Waals surface area (Å²) < 4.78 is 9.25. The third kappa shape index (κ3) is 3.13. The van der Waals surface area contributed by atoms with Gasteiger partial charge < -0.3 is 9.30 Å². The first kappa shape index (κ1) is 14.2. The van der Waals surface area contributed by atoms with Crippen LogP contribution in [0.2, 0.25) is 0 Å². The fraction of sp³-hybridized carbons (Fsp3) is 0.222. The maximum atomic E-state index is 5.89. The number of aromatic nitrogens is 1. The first-order chi connectivity index (χ1) is 10.1. The predicted molar refractivity (Wildman–Crippen MR) is 90.9 cm³/mol. The second-order valence-electron chi connectivity index (χ2n) is 5.43. The molecule has 3 aromatic rings. The number of halogens is 1. The zero-order valence-corrected chi connectivity index (χ0v) is 13.8. The van der Waals surface area contributed by atoms with Crippen LogP contribution in [0, 0.1) is 0 Å². The minimum Gasteiger partial charge on any atom is -0.490 e. The Hall–Kier alpha value is -1.74. The molecule has 0 saturated heterocycles. The van der Waals surface area contributed by atoms with Crippen molar-refractivity contribution in [1.29, 1.82) is 0 Å². The lowest BCUT2D eigenvalue weighted by atomic mass is 10.2. The Bertz CT molecular complexity index is 744. The average molecular weight is 344 g/mol. The molecule has 21 heavy (non-hydrogen) atoms. The van der Waals surface area contributed by atoms with Crippen molar-refractivity contribution >= 4 is 26.8 Å². The largest absolute Gasteiger partial charge is 0.490 e. The van der Waals surface area contributed by atoms with Crippen LogP contribution in [-0.4, -0.2) is 10.7 Å². The lowest BCUT2D eigenvalue weighted by Crippen LogP contribution is -2.05. The van der Waals surface area contributed by atoms with Gasteiger partial charge in [-0.15, -0.1) is 0 Å². The molecular formula is C18H18BrNO. The number of hydrogen-bond acceptors (Lipinski definition) is 1. The highest BCUT2D eigenvalue weighted by molar-refractivity contribution is 9.10. The summed E-state index contributed by atoms with van der Waals surface area (Å²) in [4.78, 5) is 0. The van der Waals surface area contributed by atoms with Crippen molar-refractivity contribution < 1.29 is 4.74 Å². The van der Waals surface area contributed by atoms with E-state index in [9.17, 15) is 0 Å². The van der Waals surface area contributed by atoms with Crippen LogP contribution >= 0.6 is 15.9 Å². The number of rotatable bonds is 4. The van der Waals surface area contributed by atoms with Gasteiger partial charge in [0.1, 0.15) is 5.75 Å². The van der Waals surface area contributed by atoms with Crippen LogP contribution in [0.4, 0.5) is 0 Å². The molecule has 108 valence electrons. The lowest BCUT2D eigenvalue weighted by molar-refractivity contribution is 0.245. The molecule has 2 aromatic carbocycles. The van der Waals surface area contributed by atoms with Crippen LogP contribution in [0.3, 0.4) is 0 Å². The van der Waals surface area contributed by atoms with Gasteiger partial charge >= 0.3 is 0 Å². The van der Waals surface area contributed by atoms with Crippen LogP contribution in [0.5, 0.6) is 5.75 Å². The molecule has 0 fully saturated rings. The van der Waals surface area contributed by atoms with Gasteiger partial charge in [0.05, 0.1) is 11.6 Å². The molecule has 3 heteroatoms. The number of benzene rings is 2. The van der Waals surface area contributed by atoms with E-state index in [1.54, 1.807) is 0 Å². The van der Waals surface area contributed by atoms with E-state index in [2.05, 4.69) is 83.0 Å². The van der Waals surface area contributed by atoms with Gasteiger partial charge in [-0.25, -0.2) is 0 Å². The third-order valence-corrected chi connectivity index (χ3v) is 3.93. The summed E-state index contributed by atoms with van der Waals surface area (Å²) in [6.07, 6.45) is 2.31. The van der Waals surface area contributed by atoms with Crippen molar-refractivity contribution in [1.82, 2.24) is 4.57 Å². The molecule has 2 nitrogen and oxygen atoms in total. The van der Waals surface area contributed by atoms with Gasteiger partial charge in [-0.1, -0.05) is 34.1 Å². The van der Waals surface area contributed by atoms with E-state index in [-0.39, 0.29) is 6.10 Å². The SMILES string of the molecule is CC(C)Oc1cccc2c1ccn2Cc1ccc(Br)cc1. The number of ether oxygens (including phenoxy) is 1. The van der Waals surface area contributed by atoms with Gasteiger partial charge in [-0.05, 0) is 49.7 Å². The van der Waals surface area contributed by atoms with Crippen molar-refractivity contribution in [2.45, 2.75) is 26.5 Å². The number of nitrogens with zero attached hydrogens (tertiary/aromatic N) is 1. The minimum atomic E-state index is 0.186. The second kappa shape index (κ2) is 5.94. The molecule has 0 bridgehead atoms. The van der Waals surface area contributed by atoms with E-state index < -0.39 is 0 Å². The van der Waals surface area contributed by atoms with E-state index >= 15 is 0 Å². The maximum absolute atomic E-state index is 5.89. The van der Waals surface area contributed by atoms with Crippen molar-refractivity contribution in [2.75, 3.05) is 0 Å². The van der Waals surface area contributed by atoms with Crippen LogP contribution in [0.25, 0.3) is 10.9 Å². The third-order valence-electron chi connectivity index (χ3n) is 3.40. The van der Waals surface area contributed by atoms with Gasteiger partial charge in [-0.2, -0.15) is 0 Å². The van der Waals surface area contributed by atoms with Gasteiger partial charge in [0.15, 0.2) is 0 Å². The monoisotopic (exact) mass is 343 g/mol. The van der Waals surface area contributed by atoms with Gasteiger partial charge in [0, 0.05) is 22.6 Å². The summed E-state index contributed by atoms with van der Waals surface area (Å²) in [7, 11) is 0. The summed E-state index contributed by atoms with van der Waals surface area (Å²) >= 11 is 3.47. The second-order valence-corrected chi connectivity index (χ2v) is 6.34. The summed E-state index contributed by atoms with van der Waals surface area (Å²) in [6.45, 7) is 4.97. The van der Waals surface area contributed by atoms with E-state index in [4.69, 9.17) is 4.74 Å². The number of hydrogen-bond donors (Lipinski definition) is 0. The highest BCUT2D eigenvalue weighted by atomic mass is 79.9. The molecule has 0 amide bonds. The highest BCUT2D eigenvalue weighted by Crippen LogP contribution is 2.28. The Kier molecular flexibility index (Phi) is 4.02. The fourth-order valence-electron chi connectivity index (χ4n) is 2.48. The van der Waals surface area contributed by atoms with Crippen molar-refractivity contribution in [2.24, 2.45) is 0 Å². The van der Waals surface area contributed by atoms with E-state index in [1.807, 2.05) is 6.07 Å². The summed E-state index contributed by atoms with van der Waals surface area (Å²) in [6, 6.07) is 16.8. The Morgan fingerprint density at radius 2 is 1.81 bits per heavy atom. The Morgan fingerprint density at radius 3 is 2.52 bits per heavy atom. The molecular weight excluding hydrogens is 326 g/mol. The van der Waals surface area contributed by atoms with Gasteiger partial charge in [0.2, 0.25) is 0 Å². The standard InChI is InChI=1S/C18H18BrNO/c1-13(2)21-18-5-3-4-17-16(18)10-11-20(17)12-14-6-8-15(19)9-7-14/h3-11,13H,12H2,1-2H3. The molecule has 3 rings (SSSR count). The maximum Gasteiger partial charge on any atom is 0.129 e. The highest BCUT2D eigenvalue weighted by Gasteiger charge is 2.08. The van der Waals surface area contributed by atoms with Gasteiger partial charge in [-0.3, -0.25) is 0 Å². The summed E-state index contributed by atoms with van der Waals surface area (Å²) in [5.74, 6) is 0.956. The molecule has 0 atom stereocenters. The van der Waals surface area contributed by atoms with Crippen LogP contribution in [0.1, 0.15) is 19.4 Å². The zero-order valence-electron chi connectivity index (χ0n) is 12.2. The minimum absolute atomic E-state index is 0.186. The van der Waals surface area contributed by atoms with Crippen LogP contribution in [0.15, 0.2) is 59.2 Å². The van der Waals surface area contributed by atoms with Crippen molar-refractivity contribution in [3.05, 3.63) is 64.8 Å². The smallest absolute Gasteiger partial charge is 0.129 e. The van der Waals surface area contributed by atoms with E-state index in [0.717, 1.165) is 16.8 Å². The van der Waals surface area contributed by atoms with Crippen molar-refractivity contribution in [3.63, 3.8) is 0 Å². The molecule has 0 N–H and O–H groups in total. The molecule has 0 aliphatic carbocycles. The molecule has 1 aromatic heterocycles. The van der Waals surface area contributed by atoms with E-state index in [0.29, 0.717) is 0 Å². The molecule has 0 saturated carbocycles. The number of fused-ring (bicyclic) bond motifs is 1. The molecule has 0 aliphatic rings. The Labute approximate surface area is 133 Å². The molecule has 0 aliphatic heterocycles. The van der Waals surface area contributed by atoms with E-state index in [1.165, 1.54) is 16.5 Å². The Morgan fingerprint density at radius 1 is 1.05 bits per heavy atom. The fourth-order valence-corrected chi connectivity index (χ4v) is 2.74. The van der Waals surface area contributed by atoms with Gasteiger partial charge in [0.25, 0.3) is 0 Å². The first-order valence-electron chi connectivity index (χ1n) is 7.12. The summed E-state index contributed by atoms with van der Waals surface area (Å²) in [5.41, 5.74) is 2.49. The quantitative estimate of drug-likeness (QED) is 0.631. The average Bonchev–Trinajstić information content (AvgIpc) is 2.85. The molecule has 0 unspecified atom stereocenters. The molecule has 1 heterocycles. The predicted octanol–water partition coefficient (Wildman–Crippen LogP) is 5.24. The van der Waals surface area contributed by atoms with Crippen LogP contribution < -0.4 is 4.74 Å². The normalized spacial score (nSPS) is 11.2. The first-order valence-corrected chi connectivity index (χ1v) is 7.92.